The first-order valence-electron chi connectivity index (χ1n) is 7.80. The molecule has 0 N–H and O–H groups in total. The largest absolute Gasteiger partial charge is 0.340 e. The number of amides is 1. The van der Waals surface area contributed by atoms with Crippen molar-refractivity contribution in [3.8, 4) is 0 Å². The second kappa shape index (κ2) is 7.97. The topological polar surface area (TPSA) is 38.1 Å². The summed E-state index contributed by atoms with van der Waals surface area (Å²) < 4.78 is 1.76. The average Bonchev–Trinajstić information content (AvgIpc) is 2.81. The second-order valence-corrected chi connectivity index (χ2v) is 5.64. The summed E-state index contributed by atoms with van der Waals surface area (Å²) in [5.41, 5.74) is 2.74. The lowest BCUT2D eigenvalue weighted by Gasteiger charge is -2.15. The van der Waals surface area contributed by atoms with Crippen LogP contribution in [0.5, 0.6) is 0 Å². The Morgan fingerprint density at radius 3 is 2.52 bits per heavy atom. The van der Waals surface area contributed by atoms with E-state index in [0.717, 1.165) is 16.8 Å². The Morgan fingerprint density at radius 2 is 1.91 bits per heavy atom. The summed E-state index contributed by atoms with van der Waals surface area (Å²) in [6.07, 6.45) is 3.32. The minimum Gasteiger partial charge on any atom is -0.340 e. The molecule has 0 bridgehead atoms. The third-order valence-corrected chi connectivity index (χ3v) is 4.15. The Morgan fingerprint density at radius 1 is 1.26 bits per heavy atom. The van der Waals surface area contributed by atoms with Gasteiger partial charge in [-0.25, -0.2) is 4.68 Å². The average molecular weight is 332 g/mol. The van der Waals surface area contributed by atoms with Gasteiger partial charge in [0.1, 0.15) is 5.15 Å². The number of aryl methyl sites for hydroxylation is 1. The molecule has 0 aliphatic heterocycles. The fourth-order valence-electron chi connectivity index (χ4n) is 2.41. The molecular formula is C18H22ClN3O. The van der Waals surface area contributed by atoms with Crippen molar-refractivity contribution in [2.24, 2.45) is 0 Å². The Hall–Kier alpha value is -2.07. The van der Waals surface area contributed by atoms with E-state index in [1.165, 1.54) is 0 Å². The molecule has 122 valence electrons. The summed E-state index contributed by atoms with van der Waals surface area (Å²) in [7, 11) is 0. The van der Waals surface area contributed by atoms with E-state index in [9.17, 15) is 4.79 Å². The van der Waals surface area contributed by atoms with Crippen molar-refractivity contribution in [3.05, 3.63) is 58.4 Å². The quantitative estimate of drug-likeness (QED) is 0.756. The molecule has 1 aromatic heterocycles. The number of likely N-dealkylation sites (N-methyl/N-ethyl adjacent to an activating group) is 1. The monoisotopic (exact) mass is 331 g/mol. The number of hydrogen-bond acceptors (Lipinski definition) is 2. The van der Waals surface area contributed by atoms with Crippen molar-refractivity contribution in [1.82, 2.24) is 14.7 Å². The van der Waals surface area contributed by atoms with Crippen molar-refractivity contribution >= 4 is 23.6 Å². The molecule has 0 unspecified atom stereocenters. The van der Waals surface area contributed by atoms with Gasteiger partial charge in [0, 0.05) is 24.7 Å². The highest BCUT2D eigenvalue weighted by molar-refractivity contribution is 6.31. The smallest absolute Gasteiger partial charge is 0.246 e. The normalized spacial score (nSPS) is 11.1. The number of rotatable bonds is 6. The highest BCUT2D eigenvalue weighted by atomic mass is 35.5. The molecule has 5 heteroatoms. The molecule has 0 radical (unpaired) electrons. The van der Waals surface area contributed by atoms with E-state index in [4.69, 9.17) is 11.6 Å². The van der Waals surface area contributed by atoms with Crippen molar-refractivity contribution in [1.29, 1.82) is 0 Å². The maximum atomic E-state index is 12.1. The maximum Gasteiger partial charge on any atom is 0.246 e. The Kier molecular flexibility index (Phi) is 5.99. The van der Waals surface area contributed by atoms with Gasteiger partial charge in [-0.1, -0.05) is 41.9 Å². The standard InChI is InChI=1S/C18H22ClN3O/c1-4-21(5-2)17(23)12-11-16-14(3)20-22(18(16)19)13-15-9-7-6-8-10-15/h6-12H,4-5,13H2,1-3H3. The zero-order valence-corrected chi connectivity index (χ0v) is 14.5. The van der Waals surface area contributed by atoms with E-state index < -0.39 is 0 Å². The Balaban J connectivity index is 2.19. The lowest BCUT2D eigenvalue weighted by molar-refractivity contribution is -0.125. The summed E-state index contributed by atoms with van der Waals surface area (Å²) >= 11 is 6.43. The molecule has 1 aromatic carbocycles. The van der Waals surface area contributed by atoms with Gasteiger partial charge in [-0.3, -0.25) is 4.79 Å². The van der Waals surface area contributed by atoms with Crippen molar-refractivity contribution in [3.63, 3.8) is 0 Å². The number of halogens is 1. The minimum atomic E-state index is -0.0127. The van der Waals surface area contributed by atoms with Crippen LogP contribution in [-0.2, 0) is 11.3 Å². The lowest BCUT2D eigenvalue weighted by atomic mass is 10.2. The van der Waals surface area contributed by atoms with Gasteiger partial charge < -0.3 is 4.90 Å². The van der Waals surface area contributed by atoms with Crippen molar-refractivity contribution in [2.45, 2.75) is 27.3 Å². The maximum absolute atomic E-state index is 12.1. The van der Waals surface area contributed by atoms with Crippen molar-refractivity contribution < 1.29 is 4.79 Å². The number of hydrogen-bond donors (Lipinski definition) is 0. The molecule has 0 fully saturated rings. The Bertz CT molecular complexity index is 688. The molecule has 0 aliphatic carbocycles. The van der Waals surface area contributed by atoms with Crippen LogP contribution < -0.4 is 0 Å². The second-order valence-electron chi connectivity index (χ2n) is 5.28. The predicted octanol–water partition coefficient (Wildman–Crippen LogP) is 3.77. The van der Waals surface area contributed by atoms with Gasteiger partial charge in [-0.05, 0) is 32.4 Å². The zero-order chi connectivity index (χ0) is 16.8. The van der Waals surface area contributed by atoms with Gasteiger partial charge in [-0.15, -0.1) is 0 Å². The van der Waals surface area contributed by atoms with E-state index in [-0.39, 0.29) is 5.91 Å². The lowest BCUT2D eigenvalue weighted by Crippen LogP contribution is -2.28. The van der Waals surface area contributed by atoms with Gasteiger partial charge in [0.15, 0.2) is 0 Å². The number of carbonyl (C=O) groups excluding carboxylic acids is 1. The van der Waals surface area contributed by atoms with Gasteiger partial charge >= 0.3 is 0 Å². The van der Waals surface area contributed by atoms with Crippen LogP contribution in [0.2, 0.25) is 5.15 Å². The van der Waals surface area contributed by atoms with Crippen LogP contribution >= 0.6 is 11.6 Å². The van der Waals surface area contributed by atoms with Gasteiger partial charge in [-0.2, -0.15) is 5.10 Å². The van der Waals surface area contributed by atoms with Crippen LogP contribution in [0.3, 0.4) is 0 Å². The molecule has 1 heterocycles. The van der Waals surface area contributed by atoms with Crippen LogP contribution in [0.25, 0.3) is 6.08 Å². The van der Waals surface area contributed by atoms with Crippen molar-refractivity contribution in [2.75, 3.05) is 13.1 Å². The summed E-state index contributed by atoms with van der Waals surface area (Å²) in [6, 6.07) is 10.0. The van der Waals surface area contributed by atoms with E-state index in [2.05, 4.69) is 5.10 Å². The molecule has 0 saturated carbocycles. The summed E-state index contributed by atoms with van der Waals surface area (Å²) in [5, 5.41) is 5.03. The molecule has 1 amide bonds. The van der Waals surface area contributed by atoms with Gasteiger partial charge in [0.25, 0.3) is 0 Å². The van der Waals surface area contributed by atoms with Gasteiger partial charge in [0.2, 0.25) is 5.91 Å². The molecule has 4 nitrogen and oxygen atoms in total. The predicted molar refractivity (Wildman–Crippen MR) is 94.5 cm³/mol. The summed E-state index contributed by atoms with van der Waals surface area (Å²) in [5.74, 6) is -0.0127. The summed E-state index contributed by atoms with van der Waals surface area (Å²) in [6.45, 7) is 7.82. The van der Waals surface area contributed by atoms with Crippen LogP contribution in [0.1, 0.15) is 30.7 Å². The third kappa shape index (κ3) is 4.23. The molecular weight excluding hydrogens is 310 g/mol. The zero-order valence-electron chi connectivity index (χ0n) is 13.8. The first-order chi connectivity index (χ1) is 11.1. The fraction of sp³-hybridized carbons (Fsp3) is 0.333. The van der Waals surface area contributed by atoms with Crippen LogP contribution in [-0.4, -0.2) is 33.7 Å². The van der Waals surface area contributed by atoms with Crippen LogP contribution in [0.4, 0.5) is 0 Å². The number of carbonyl (C=O) groups is 1. The SMILES string of the molecule is CCN(CC)C(=O)C=Cc1c(C)nn(Cc2ccccc2)c1Cl. The van der Waals surface area contributed by atoms with Gasteiger partial charge in [0.05, 0.1) is 12.2 Å². The van der Waals surface area contributed by atoms with E-state index in [1.54, 1.807) is 21.7 Å². The number of aromatic nitrogens is 2. The minimum absolute atomic E-state index is 0.0127. The third-order valence-electron chi connectivity index (χ3n) is 3.75. The molecule has 2 aromatic rings. The molecule has 0 saturated heterocycles. The van der Waals surface area contributed by atoms with Crippen LogP contribution in [0.15, 0.2) is 36.4 Å². The van der Waals surface area contributed by atoms with E-state index in [0.29, 0.717) is 24.8 Å². The summed E-state index contributed by atoms with van der Waals surface area (Å²) in [4.78, 5) is 13.8. The number of benzene rings is 1. The molecule has 0 atom stereocenters. The van der Waals surface area contributed by atoms with E-state index >= 15 is 0 Å². The highest BCUT2D eigenvalue weighted by Crippen LogP contribution is 2.22. The van der Waals surface area contributed by atoms with E-state index in [1.807, 2.05) is 51.1 Å². The highest BCUT2D eigenvalue weighted by Gasteiger charge is 2.12. The Labute approximate surface area is 142 Å². The fourth-order valence-corrected chi connectivity index (χ4v) is 2.71. The molecule has 2 rings (SSSR count). The first-order valence-corrected chi connectivity index (χ1v) is 8.18. The molecule has 0 spiro atoms. The molecule has 0 aliphatic rings. The number of nitrogens with zero attached hydrogens (tertiary/aromatic N) is 3. The molecule has 23 heavy (non-hydrogen) atoms. The first kappa shape index (κ1) is 17.3. The van der Waals surface area contributed by atoms with Crippen LogP contribution in [0, 0.1) is 6.92 Å².